The van der Waals surface area contributed by atoms with Crippen LogP contribution in [0, 0.1) is 0 Å². The van der Waals surface area contributed by atoms with Crippen molar-refractivity contribution >= 4 is 10.9 Å². The molecule has 1 fully saturated rings. The minimum Gasteiger partial charge on any atom is -0.330 e. The monoisotopic (exact) mass is 248 g/mol. The molecule has 1 aromatic carbocycles. The molecular weight excluding hydrogens is 234 g/mol. The molecule has 3 rings (SSSR count). The number of nitrogens with two attached hydrogens (primary N) is 1. The van der Waals surface area contributed by atoms with Crippen LogP contribution in [0.2, 0.25) is 0 Å². The number of halogens is 2. The standard InChI is InChI=1S/C14H14F2N2/c15-14(16)7-13(8-14,9-17)11-4-3-10-2-1-5-18-12(10)6-11/h1-6H,7-9,17H2. The van der Waals surface area contributed by atoms with Gasteiger partial charge in [0, 0.05) is 36.4 Å². The molecule has 2 N–H and O–H groups in total. The molecular formula is C14H14F2N2. The lowest BCUT2D eigenvalue weighted by atomic mass is 9.62. The summed E-state index contributed by atoms with van der Waals surface area (Å²) in [4.78, 5) is 4.26. The number of benzene rings is 1. The van der Waals surface area contributed by atoms with Gasteiger partial charge in [0.2, 0.25) is 5.92 Å². The highest BCUT2D eigenvalue weighted by Crippen LogP contribution is 2.52. The highest BCUT2D eigenvalue weighted by molar-refractivity contribution is 5.79. The van der Waals surface area contributed by atoms with E-state index in [4.69, 9.17) is 5.73 Å². The van der Waals surface area contributed by atoms with Gasteiger partial charge in [-0.3, -0.25) is 4.98 Å². The summed E-state index contributed by atoms with van der Waals surface area (Å²) < 4.78 is 26.3. The van der Waals surface area contributed by atoms with Crippen LogP contribution in [0.15, 0.2) is 36.5 Å². The smallest absolute Gasteiger partial charge is 0.250 e. The molecule has 0 saturated heterocycles. The Bertz CT molecular complexity index is 587. The summed E-state index contributed by atoms with van der Waals surface area (Å²) >= 11 is 0. The van der Waals surface area contributed by atoms with Crippen LogP contribution < -0.4 is 5.73 Å². The van der Waals surface area contributed by atoms with Crippen LogP contribution in [0.1, 0.15) is 18.4 Å². The minimum absolute atomic E-state index is 0.158. The SMILES string of the molecule is NCC1(c2ccc3cccnc3c2)CC(F)(F)C1. The summed E-state index contributed by atoms with van der Waals surface area (Å²) in [6.45, 7) is 0.251. The molecule has 2 aromatic rings. The molecule has 1 aliphatic carbocycles. The van der Waals surface area contributed by atoms with Crippen molar-refractivity contribution in [2.24, 2.45) is 5.73 Å². The second kappa shape index (κ2) is 3.72. The average molecular weight is 248 g/mol. The molecule has 0 atom stereocenters. The summed E-state index contributed by atoms with van der Waals surface area (Å²) in [7, 11) is 0. The Morgan fingerprint density at radius 2 is 2.00 bits per heavy atom. The lowest BCUT2D eigenvalue weighted by Crippen LogP contribution is -2.53. The zero-order chi connectivity index (χ0) is 12.8. The number of rotatable bonds is 2. The van der Waals surface area contributed by atoms with Gasteiger partial charge in [0.05, 0.1) is 5.52 Å². The number of alkyl halides is 2. The maximum atomic E-state index is 13.1. The molecule has 0 amide bonds. The molecule has 0 spiro atoms. The van der Waals surface area contributed by atoms with Crippen molar-refractivity contribution in [3.05, 3.63) is 42.1 Å². The number of aromatic nitrogens is 1. The van der Waals surface area contributed by atoms with Gasteiger partial charge < -0.3 is 5.73 Å². The van der Waals surface area contributed by atoms with Crippen molar-refractivity contribution in [2.45, 2.75) is 24.2 Å². The van der Waals surface area contributed by atoms with Gasteiger partial charge in [-0.2, -0.15) is 0 Å². The Morgan fingerprint density at radius 1 is 1.22 bits per heavy atom. The zero-order valence-electron chi connectivity index (χ0n) is 9.87. The van der Waals surface area contributed by atoms with E-state index >= 15 is 0 Å². The Kier molecular flexibility index (Phi) is 2.38. The Hall–Kier alpha value is -1.55. The molecule has 18 heavy (non-hydrogen) atoms. The number of hydrogen-bond donors (Lipinski definition) is 1. The van der Waals surface area contributed by atoms with Crippen LogP contribution >= 0.6 is 0 Å². The van der Waals surface area contributed by atoms with Gasteiger partial charge in [-0.25, -0.2) is 8.78 Å². The third-order valence-corrected chi connectivity index (χ3v) is 3.80. The normalized spacial score (nSPS) is 20.6. The number of hydrogen-bond acceptors (Lipinski definition) is 2. The summed E-state index contributed by atoms with van der Waals surface area (Å²) in [5.74, 6) is -2.57. The Labute approximate surface area is 104 Å². The fraction of sp³-hybridized carbons (Fsp3) is 0.357. The Morgan fingerprint density at radius 3 is 2.67 bits per heavy atom. The molecule has 1 aliphatic rings. The van der Waals surface area contributed by atoms with Gasteiger partial charge in [0.15, 0.2) is 0 Å². The van der Waals surface area contributed by atoms with Gasteiger partial charge >= 0.3 is 0 Å². The van der Waals surface area contributed by atoms with Crippen molar-refractivity contribution in [3.63, 3.8) is 0 Å². The highest BCUT2D eigenvalue weighted by atomic mass is 19.3. The molecule has 0 aliphatic heterocycles. The van der Waals surface area contributed by atoms with Crippen LogP contribution in [0.5, 0.6) is 0 Å². The molecule has 1 aromatic heterocycles. The number of fused-ring (bicyclic) bond motifs is 1. The average Bonchev–Trinajstić information content (AvgIpc) is 2.34. The molecule has 1 heterocycles. The first-order chi connectivity index (χ1) is 8.55. The second-order valence-electron chi connectivity index (χ2n) is 5.10. The fourth-order valence-corrected chi connectivity index (χ4v) is 2.80. The third kappa shape index (κ3) is 1.68. The summed E-state index contributed by atoms with van der Waals surface area (Å²) in [6, 6.07) is 9.52. The lowest BCUT2D eigenvalue weighted by Gasteiger charge is -2.47. The first-order valence-electron chi connectivity index (χ1n) is 5.98. The van der Waals surface area contributed by atoms with Crippen LogP contribution in [0.25, 0.3) is 10.9 Å². The topological polar surface area (TPSA) is 38.9 Å². The van der Waals surface area contributed by atoms with E-state index in [9.17, 15) is 8.78 Å². The van der Waals surface area contributed by atoms with Crippen molar-refractivity contribution < 1.29 is 8.78 Å². The van der Waals surface area contributed by atoms with Crippen molar-refractivity contribution in [3.8, 4) is 0 Å². The number of pyridine rings is 1. The maximum Gasteiger partial charge on any atom is 0.250 e. The molecule has 94 valence electrons. The van der Waals surface area contributed by atoms with Gasteiger partial charge in [-0.15, -0.1) is 0 Å². The predicted octanol–water partition coefficient (Wildman–Crippen LogP) is 2.86. The van der Waals surface area contributed by atoms with E-state index in [1.54, 1.807) is 6.20 Å². The van der Waals surface area contributed by atoms with Crippen LogP contribution in [-0.2, 0) is 5.41 Å². The maximum absolute atomic E-state index is 13.1. The number of nitrogens with zero attached hydrogens (tertiary/aromatic N) is 1. The van der Waals surface area contributed by atoms with E-state index in [1.165, 1.54) is 0 Å². The Balaban J connectivity index is 2.04. The third-order valence-electron chi connectivity index (χ3n) is 3.80. The van der Waals surface area contributed by atoms with Crippen molar-refractivity contribution in [1.82, 2.24) is 4.98 Å². The van der Waals surface area contributed by atoms with Crippen molar-refractivity contribution in [2.75, 3.05) is 6.54 Å². The van der Waals surface area contributed by atoms with Crippen LogP contribution in [0.4, 0.5) is 8.78 Å². The quantitative estimate of drug-likeness (QED) is 0.887. The van der Waals surface area contributed by atoms with Gasteiger partial charge in [-0.05, 0) is 17.7 Å². The first-order valence-corrected chi connectivity index (χ1v) is 5.98. The van der Waals surface area contributed by atoms with E-state index < -0.39 is 11.3 Å². The van der Waals surface area contributed by atoms with Gasteiger partial charge in [0.25, 0.3) is 0 Å². The lowest BCUT2D eigenvalue weighted by molar-refractivity contribution is -0.123. The molecule has 0 bridgehead atoms. The van der Waals surface area contributed by atoms with Crippen molar-refractivity contribution in [1.29, 1.82) is 0 Å². The minimum atomic E-state index is -2.57. The van der Waals surface area contributed by atoms with E-state index in [0.29, 0.717) is 0 Å². The largest absolute Gasteiger partial charge is 0.330 e. The van der Waals surface area contributed by atoms with Gasteiger partial charge in [0.1, 0.15) is 0 Å². The summed E-state index contributed by atoms with van der Waals surface area (Å²) in [5, 5.41) is 1.01. The summed E-state index contributed by atoms with van der Waals surface area (Å²) in [6.07, 6.45) is 1.39. The van der Waals surface area contributed by atoms with Gasteiger partial charge in [-0.1, -0.05) is 18.2 Å². The first kappa shape index (κ1) is 11.5. The molecule has 1 saturated carbocycles. The molecule has 4 heteroatoms. The van der Waals surface area contributed by atoms with Crippen LogP contribution in [0.3, 0.4) is 0 Å². The second-order valence-corrected chi connectivity index (χ2v) is 5.10. The van der Waals surface area contributed by atoms with E-state index in [-0.39, 0.29) is 19.4 Å². The summed E-state index contributed by atoms with van der Waals surface area (Å²) in [5.41, 5.74) is 6.85. The van der Waals surface area contributed by atoms with E-state index in [2.05, 4.69) is 4.98 Å². The predicted molar refractivity (Wildman–Crippen MR) is 66.7 cm³/mol. The van der Waals surface area contributed by atoms with Crippen LogP contribution in [-0.4, -0.2) is 17.5 Å². The zero-order valence-corrected chi connectivity index (χ0v) is 9.87. The fourth-order valence-electron chi connectivity index (χ4n) is 2.80. The highest BCUT2D eigenvalue weighted by Gasteiger charge is 2.56. The molecule has 0 unspecified atom stereocenters. The molecule has 2 nitrogen and oxygen atoms in total. The van der Waals surface area contributed by atoms with E-state index in [1.807, 2.05) is 30.3 Å². The van der Waals surface area contributed by atoms with E-state index in [0.717, 1.165) is 16.5 Å². The molecule has 0 radical (unpaired) electrons.